The van der Waals surface area contributed by atoms with Crippen LogP contribution in [0.4, 0.5) is 5.69 Å². The number of benzene rings is 1. The summed E-state index contributed by atoms with van der Waals surface area (Å²) in [6.45, 7) is 0. The summed E-state index contributed by atoms with van der Waals surface area (Å²) in [5, 5.41) is 20.3. The Morgan fingerprint density at radius 1 is 1.33 bits per heavy atom. The molecule has 1 aromatic carbocycles. The van der Waals surface area contributed by atoms with Crippen molar-refractivity contribution in [3.05, 3.63) is 55.2 Å². The first kappa shape index (κ1) is 15.9. The van der Waals surface area contributed by atoms with E-state index in [1.807, 2.05) is 0 Å². The summed E-state index contributed by atoms with van der Waals surface area (Å²) >= 11 is 7.47. The van der Waals surface area contributed by atoms with E-state index in [1.165, 1.54) is 12.3 Å². The number of aromatic carboxylic acids is 1. The van der Waals surface area contributed by atoms with E-state index in [1.54, 1.807) is 12.1 Å². The molecular weight excluding hydrogens is 428 g/mol. The van der Waals surface area contributed by atoms with E-state index in [4.69, 9.17) is 0 Å². The molecule has 0 spiro atoms. The van der Waals surface area contributed by atoms with Gasteiger partial charge in [-0.1, -0.05) is 27.7 Å². The van der Waals surface area contributed by atoms with Crippen molar-refractivity contribution in [3.63, 3.8) is 0 Å². The molecule has 1 aromatic heterocycles. The van der Waals surface area contributed by atoms with Crippen molar-refractivity contribution < 1.29 is 14.8 Å². The predicted octanol–water partition coefficient (Wildman–Crippen LogP) is 4.36. The van der Waals surface area contributed by atoms with Gasteiger partial charge in [-0.2, -0.15) is 0 Å². The third kappa shape index (κ3) is 3.60. The fraction of sp³-hybridized carbons (Fsp3) is 0. The highest BCUT2D eigenvalue weighted by atomic mass is 79.9. The van der Waals surface area contributed by atoms with E-state index in [2.05, 4.69) is 36.8 Å². The van der Waals surface area contributed by atoms with Crippen LogP contribution in [0.2, 0.25) is 0 Å². The maximum atomic E-state index is 11.2. The highest BCUT2D eigenvalue weighted by Crippen LogP contribution is 2.41. The third-order valence-corrected chi connectivity index (χ3v) is 4.96. The molecule has 9 heteroatoms. The minimum atomic E-state index is -1.10. The predicted molar refractivity (Wildman–Crippen MR) is 83.8 cm³/mol. The highest BCUT2D eigenvalue weighted by molar-refractivity contribution is 9.10. The first-order valence-corrected chi connectivity index (χ1v) is 7.79. The van der Waals surface area contributed by atoms with Gasteiger partial charge in [-0.25, -0.2) is 4.79 Å². The Morgan fingerprint density at radius 3 is 2.67 bits per heavy atom. The van der Waals surface area contributed by atoms with E-state index in [0.29, 0.717) is 18.7 Å². The van der Waals surface area contributed by atoms with Gasteiger partial charge in [0.15, 0.2) is 0 Å². The number of halogens is 2. The van der Waals surface area contributed by atoms with Gasteiger partial charge in [0.2, 0.25) is 0 Å². The smallest absolute Gasteiger partial charge is 0.336 e. The Hall–Kier alpha value is -1.45. The average Bonchev–Trinajstić information content (AvgIpc) is 2.40. The van der Waals surface area contributed by atoms with Crippen LogP contribution in [0, 0.1) is 10.1 Å². The van der Waals surface area contributed by atoms with Crippen LogP contribution in [-0.2, 0) is 0 Å². The van der Waals surface area contributed by atoms with Gasteiger partial charge in [-0.15, -0.1) is 0 Å². The van der Waals surface area contributed by atoms with Crippen molar-refractivity contribution in [1.29, 1.82) is 0 Å². The molecular formula is C12H6Br2N2O4S. The van der Waals surface area contributed by atoms with Crippen LogP contribution >= 0.6 is 43.6 Å². The maximum absolute atomic E-state index is 11.2. The number of carboxylic acid groups (broad SMARTS) is 1. The summed E-state index contributed by atoms with van der Waals surface area (Å²) in [6.07, 6.45) is 2.55. The maximum Gasteiger partial charge on any atom is 0.336 e. The number of nitrogens with zero attached hydrogens (tertiary/aromatic N) is 2. The van der Waals surface area contributed by atoms with Crippen LogP contribution in [0.1, 0.15) is 10.4 Å². The van der Waals surface area contributed by atoms with Gasteiger partial charge in [0, 0.05) is 15.6 Å². The Morgan fingerprint density at radius 2 is 2.05 bits per heavy atom. The molecule has 2 rings (SSSR count). The lowest BCUT2D eigenvalue weighted by molar-refractivity contribution is -0.388. The lowest BCUT2D eigenvalue weighted by Crippen LogP contribution is -1.99. The van der Waals surface area contributed by atoms with Gasteiger partial charge < -0.3 is 5.11 Å². The number of rotatable bonds is 4. The quantitative estimate of drug-likeness (QED) is 0.568. The number of aromatic nitrogens is 1. The average molecular weight is 434 g/mol. The van der Waals surface area contributed by atoms with E-state index in [-0.39, 0.29) is 11.3 Å². The molecule has 1 N–H and O–H groups in total. The van der Waals surface area contributed by atoms with Crippen molar-refractivity contribution in [2.45, 2.75) is 9.79 Å². The first-order chi connectivity index (χ1) is 9.90. The van der Waals surface area contributed by atoms with E-state index < -0.39 is 10.9 Å². The minimum absolute atomic E-state index is 0.0706. The Kier molecular flexibility index (Phi) is 4.96. The molecule has 0 atom stereocenters. The standard InChI is InChI=1S/C12H6Br2N2O4S/c13-6-1-2-7(12(17)18)10(3-6)21-11-8(14)4-15-5-9(11)16(19)20/h1-5H,(H,17,18). The van der Waals surface area contributed by atoms with E-state index >= 15 is 0 Å². The number of pyridine rings is 1. The molecule has 0 saturated carbocycles. The largest absolute Gasteiger partial charge is 0.478 e. The van der Waals surface area contributed by atoms with Crippen molar-refractivity contribution in [2.24, 2.45) is 0 Å². The van der Waals surface area contributed by atoms with Gasteiger partial charge in [0.1, 0.15) is 11.1 Å². The molecule has 6 nitrogen and oxygen atoms in total. The fourth-order valence-corrected chi connectivity index (χ4v) is 3.64. The zero-order chi connectivity index (χ0) is 15.6. The van der Waals surface area contributed by atoms with Crippen LogP contribution in [0.15, 0.2) is 49.3 Å². The van der Waals surface area contributed by atoms with Crippen LogP contribution < -0.4 is 0 Å². The summed E-state index contributed by atoms with van der Waals surface area (Å²) in [5.41, 5.74) is -0.119. The van der Waals surface area contributed by atoms with Gasteiger partial charge >= 0.3 is 11.7 Å². The van der Waals surface area contributed by atoms with Crippen LogP contribution in [0.3, 0.4) is 0 Å². The van der Waals surface area contributed by atoms with Gasteiger partial charge in [-0.3, -0.25) is 15.1 Å². The zero-order valence-corrected chi connectivity index (χ0v) is 14.1. The molecule has 0 radical (unpaired) electrons. The molecule has 21 heavy (non-hydrogen) atoms. The molecule has 0 amide bonds. The Labute approximate surface area is 140 Å². The number of hydrogen-bond acceptors (Lipinski definition) is 5. The molecule has 0 aliphatic carbocycles. The van der Waals surface area contributed by atoms with Crippen molar-refractivity contribution in [2.75, 3.05) is 0 Å². The highest BCUT2D eigenvalue weighted by Gasteiger charge is 2.21. The van der Waals surface area contributed by atoms with Crippen molar-refractivity contribution >= 4 is 55.3 Å². The summed E-state index contributed by atoms with van der Waals surface area (Å²) in [5.74, 6) is -1.10. The first-order valence-electron chi connectivity index (χ1n) is 5.38. The summed E-state index contributed by atoms with van der Waals surface area (Å²) in [4.78, 5) is 26.2. The van der Waals surface area contributed by atoms with Crippen molar-refractivity contribution in [1.82, 2.24) is 4.98 Å². The third-order valence-electron chi connectivity index (χ3n) is 2.42. The fourth-order valence-electron chi connectivity index (χ4n) is 1.51. The molecule has 108 valence electrons. The SMILES string of the molecule is O=C(O)c1ccc(Br)cc1Sc1c(Br)cncc1[N+](=O)[O-]. The van der Waals surface area contributed by atoms with Gasteiger partial charge in [0.25, 0.3) is 0 Å². The molecule has 0 saturated heterocycles. The Bertz CT molecular complexity index is 739. The van der Waals surface area contributed by atoms with Crippen LogP contribution in [0.5, 0.6) is 0 Å². The normalized spacial score (nSPS) is 10.4. The molecule has 1 heterocycles. The number of carboxylic acids is 1. The topological polar surface area (TPSA) is 93.3 Å². The molecule has 0 aliphatic rings. The number of nitro groups is 1. The zero-order valence-electron chi connectivity index (χ0n) is 10.1. The number of hydrogen-bond donors (Lipinski definition) is 1. The Balaban J connectivity index is 2.55. The molecule has 0 unspecified atom stereocenters. The summed E-state index contributed by atoms with van der Waals surface area (Å²) < 4.78 is 1.11. The number of carbonyl (C=O) groups is 1. The van der Waals surface area contributed by atoms with Crippen LogP contribution in [0.25, 0.3) is 0 Å². The monoisotopic (exact) mass is 432 g/mol. The molecule has 0 aliphatic heterocycles. The summed E-state index contributed by atoms with van der Waals surface area (Å²) in [7, 11) is 0. The second kappa shape index (κ2) is 6.54. The van der Waals surface area contributed by atoms with Gasteiger partial charge in [-0.05, 0) is 34.1 Å². The molecule has 0 fully saturated rings. The van der Waals surface area contributed by atoms with Crippen LogP contribution in [-0.4, -0.2) is 21.0 Å². The lowest BCUT2D eigenvalue weighted by atomic mass is 10.2. The lowest BCUT2D eigenvalue weighted by Gasteiger charge is -2.08. The van der Waals surface area contributed by atoms with Crippen molar-refractivity contribution in [3.8, 4) is 0 Å². The minimum Gasteiger partial charge on any atom is -0.478 e. The molecule has 0 bridgehead atoms. The van der Waals surface area contributed by atoms with E-state index in [9.17, 15) is 20.0 Å². The second-order valence-electron chi connectivity index (χ2n) is 3.77. The molecule has 2 aromatic rings. The summed E-state index contributed by atoms with van der Waals surface area (Å²) in [6, 6.07) is 4.64. The van der Waals surface area contributed by atoms with Gasteiger partial charge in [0.05, 0.1) is 15.0 Å². The second-order valence-corrected chi connectivity index (χ2v) is 6.60. The van der Waals surface area contributed by atoms with E-state index in [0.717, 1.165) is 18.0 Å².